The van der Waals surface area contributed by atoms with Gasteiger partial charge in [-0.1, -0.05) is 9.61 Å². The van der Waals surface area contributed by atoms with Crippen molar-refractivity contribution in [3.63, 3.8) is 0 Å². The molecule has 21 heavy (non-hydrogen) atoms. The van der Waals surface area contributed by atoms with Gasteiger partial charge in [0, 0.05) is 17.8 Å². The molecule has 0 unspecified atom stereocenters. The van der Waals surface area contributed by atoms with Gasteiger partial charge >= 0.3 is 11.8 Å². The van der Waals surface area contributed by atoms with E-state index in [0.29, 0.717) is 5.65 Å². The van der Waals surface area contributed by atoms with Crippen molar-refractivity contribution in [1.82, 2.24) is 14.6 Å². The molecule has 0 atom stereocenters. The van der Waals surface area contributed by atoms with Crippen molar-refractivity contribution < 1.29 is 30.3 Å². The largest absolute Gasteiger partial charge is 1.00 e. The number of pyridine rings is 1. The maximum atomic E-state index is 13.0. The molecule has 2 N–H and O–H groups in total. The van der Waals surface area contributed by atoms with Gasteiger partial charge in [-0.15, -0.1) is 4.68 Å². The average molecular weight is 316 g/mol. The fraction of sp³-hybridized carbons (Fsp3) is 0.0833. The van der Waals surface area contributed by atoms with Gasteiger partial charge in [0.05, 0.1) is 17.5 Å². The molecular formula is C12H9ClF3N5. The van der Waals surface area contributed by atoms with Crippen molar-refractivity contribution in [2.24, 2.45) is 0 Å². The van der Waals surface area contributed by atoms with E-state index >= 15 is 0 Å². The SMILES string of the molecule is N[n+]1ccn2ncc(-c3ncccc3C(F)(F)F)cc21.[Cl-]. The molecule has 0 spiro atoms. The van der Waals surface area contributed by atoms with Crippen molar-refractivity contribution >= 4 is 5.65 Å². The first-order valence-electron chi connectivity index (χ1n) is 5.63. The molecule has 0 aliphatic carbocycles. The molecule has 3 aromatic heterocycles. The Balaban J connectivity index is 0.00000161. The Morgan fingerprint density at radius 2 is 2.05 bits per heavy atom. The molecule has 0 fully saturated rings. The van der Waals surface area contributed by atoms with Gasteiger partial charge in [-0.05, 0) is 12.1 Å². The van der Waals surface area contributed by atoms with Gasteiger partial charge in [-0.3, -0.25) is 10.8 Å². The van der Waals surface area contributed by atoms with E-state index in [1.165, 1.54) is 33.7 Å². The van der Waals surface area contributed by atoms with Gasteiger partial charge in [0.25, 0.3) is 0 Å². The summed E-state index contributed by atoms with van der Waals surface area (Å²) in [5.74, 6) is 5.66. The van der Waals surface area contributed by atoms with Gasteiger partial charge in [0.15, 0.2) is 12.4 Å². The van der Waals surface area contributed by atoms with Crippen LogP contribution in [0.4, 0.5) is 13.2 Å². The molecule has 5 nitrogen and oxygen atoms in total. The van der Waals surface area contributed by atoms with Crippen LogP contribution in [0, 0.1) is 0 Å². The smallest absolute Gasteiger partial charge is 0.418 e. The first kappa shape index (κ1) is 15.0. The number of fused-ring (bicyclic) bond motifs is 1. The number of nitrogens with zero attached hydrogens (tertiary/aromatic N) is 4. The van der Waals surface area contributed by atoms with E-state index < -0.39 is 11.7 Å². The Morgan fingerprint density at radius 3 is 2.76 bits per heavy atom. The Kier molecular flexibility index (Phi) is 3.73. The minimum absolute atomic E-state index is 0. The first-order chi connectivity index (χ1) is 9.47. The third kappa shape index (κ3) is 2.62. The van der Waals surface area contributed by atoms with E-state index in [-0.39, 0.29) is 23.7 Å². The lowest BCUT2D eigenvalue weighted by atomic mass is 10.1. The number of nitrogens with two attached hydrogens (primary N) is 1. The summed E-state index contributed by atoms with van der Waals surface area (Å²) in [4.78, 5) is 3.82. The highest BCUT2D eigenvalue weighted by Crippen LogP contribution is 2.35. The Bertz CT molecular complexity index is 784. The first-order valence-corrected chi connectivity index (χ1v) is 5.63. The number of halogens is 4. The minimum Gasteiger partial charge on any atom is -1.00 e. The number of imidazole rings is 1. The Labute approximate surface area is 123 Å². The monoisotopic (exact) mass is 315 g/mol. The number of alkyl halides is 3. The van der Waals surface area contributed by atoms with Crippen molar-refractivity contribution in [3.8, 4) is 11.3 Å². The zero-order valence-corrected chi connectivity index (χ0v) is 11.2. The lowest BCUT2D eigenvalue weighted by Crippen LogP contribution is -3.00. The summed E-state index contributed by atoms with van der Waals surface area (Å²) in [6.07, 6.45) is 1.31. The van der Waals surface area contributed by atoms with Gasteiger partial charge in [-0.2, -0.15) is 13.2 Å². The van der Waals surface area contributed by atoms with Crippen molar-refractivity contribution in [2.75, 3.05) is 5.84 Å². The zero-order valence-electron chi connectivity index (χ0n) is 10.4. The molecule has 0 aliphatic rings. The number of hydrogen-bond donors (Lipinski definition) is 1. The summed E-state index contributed by atoms with van der Waals surface area (Å²) in [5.41, 5.74) is -0.262. The molecule has 0 saturated heterocycles. The molecule has 3 rings (SSSR count). The van der Waals surface area contributed by atoms with E-state index in [2.05, 4.69) is 10.1 Å². The van der Waals surface area contributed by atoms with Crippen LogP contribution in [0.15, 0.2) is 43.0 Å². The fourth-order valence-corrected chi connectivity index (χ4v) is 1.94. The van der Waals surface area contributed by atoms with Crippen LogP contribution in [0.25, 0.3) is 16.9 Å². The average Bonchev–Trinajstić information content (AvgIpc) is 2.79. The maximum absolute atomic E-state index is 13.0. The maximum Gasteiger partial charge on any atom is 0.418 e. The zero-order chi connectivity index (χ0) is 14.3. The molecule has 3 aromatic rings. The van der Waals surface area contributed by atoms with Gasteiger partial charge < -0.3 is 12.4 Å². The molecule has 0 aromatic carbocycles. The quantitative estimate of drug-likeness (QED) is 0.436. The number of hydrogen-bond acceptors (Lipinski definition) is 3. The summed E-state index contributed by atoms with van der Waals surface area (Å²) in [6.45, 7) is 0. The van der Waals surface area contributed by atoms with Crippen LogP contribution in [-0.4, -0.2) is 14.6 Å². The molecule has 0 aliphatic heterocycles. The second kappa shape index (κ2) is 5.21. The highest BCUT2D eigenvalue weighted by molar-refractivity contribution is 5.65. The summed E-state index contributed by atoms with van der Waals surface area (Å²) < 4.78 is 41.6. The number of nitrogen functional groups attached to an aromatic ring is 1. The number of aromatic nitrogens is 4. The van der Waals surface area contributed by atoms with E-state index in [0.717, 1.165) is 6.07 Å². The van der Waals surface area contributed by atoms with Crippen LogP contribution in [0.5, 0.6) is 0 Å². The Morgan fingerprint density at radius 1 is 1.29 bits per heavy atom. The highest BCUT2D eigenvalue weighted by Gasteiger charge is 2.34. The second-order valence-corrected chi connectivity index (χ2v) is 4.15. The van der Waals surface area contributed by atoms with Crippen LogP contribution < -0.4 is 22.9 Å². The van der Waals surface area contributed by atoms with E-state index in [1.54, 1.807) is 12.4 Å². The van der Waals surface area contributed by atoms with Crippen LogP contribution in [0.2, 0.25) is 0 Å². The van der Waals surface area contributed by atoms with Crippen LogP contribution >= 0.6 is 0 Å². The molecule has 110 valence electrons. The molecule has 0 radical (unpaired) electrons. The predicted octanol–water partition coefficient (Wildman–Crippen LogP) is -1.58. The molecular weight excluding hydrogens is 307 g/mol. The third-order valence-corrected chi connectivity index (χ3v) is 2.86. The van der Waals surface area contributed by atoms with E-state index in [4.69, 9.17) is 5.84 Å². The third-order valence-electron chi connectivity index (χ3n) is 2.86. The molecule has 0 saturated carbocycles. The summed E-state index contributed by atoms with van der Waals surface area (Å²) in [6, 6.07) is 3.74. The highest BCUT2D eigenvalue weighted by atomic mass is 35.5. The van der Waals surface area contributed by atoms with Crippen LogP contribution in [0.1, 0.15) is 5.56 Å². The molecule has 0 bridgehead atoms. The summed E-state index contributed by atoms with van der Waals surface area (Å²) >= 11 is 0. The van der Waals surface area contributed by atoms with E-state index in [1.807, 2.05) is 0 Å². The topological polar surface area (TPSA) is 60.1 Å². The van der Waals surface area contributed by atoms with Gasteiger partial charge in [0.1, 0.15) is 0 Å². The second-order valence-electron chi connectivity index (χ2n) is 4.15. The van der Waals surface area contributed by atoms with Crippen LogP contribution in [0.3, 0.4) is 0 Å². The molecule has 9 heteroatoms. The van der Waals surface area contributed by atoms with Crippen molar-refractivity contribution in [1.29, 1.82) is 0 Å². The lowest BCUT2D eigenvalue weighted by molar-refractivity contribution is -0.611. The molecule has 3 heterocycles. The van der Waals surface area contributed by atoms with Gasteiger partial charge in [0.2, 0.25) is 0 Å². The summed E-state index contributed by atoms with van der Waals surface area (Å²) in [5, 5.41) is 4.01. The standard InChI is InChI=1S/C12H9F3N5.ClH/c13-12(14,15)9-2-1-3-17-11(9)8-6-10-19(16)4-5-20(10)18-7-8;/h1-7H,16H2;1H/q+1;/p-1. The normalized spacial score (nSPS) is 11.4. The Hall–Kier alpha value is -2.35. The van der Waals surface area contributed by atoms with Crippen molar-refractivity contribution in [3.05, 3.63) is 48.5 Å². The van der Waals surface area contributed by atoms with Crippen LogP contribution in [-0.2, 0) is 6.18 Å². The lowest BCUT2D eigenvalue weighted by Gasteiger charge is -2.10. The van der Waals surface area contributed by atoms with Gasteiger partial charge in [-0.25, -0.2) is 0 Å². The minimum atomic E-state index is -4.48. The summed E-state index contributed by atoms with van der Waals surface area (Å²) in [7, 11) is 0. The predicted molar refractivity (Wildman–Crippen MR) is 63.8 cm³/mol. The van der Waals surface area contributed by atoms with Crippen molar-refractivity contribution in [2.45, 2.75) is 6.18 Å². The van der Waals surface area contributed by atoms with E-state index in [9.17, 15) is 13.2 Å². The number of rotatable bonds is 1. The molecule has 0 amide bonds. The fourth-order valence-electron chi connectivity index (χ4n) is 1.94.